The van der Waals surface area contributed by atoms with Gasteiger partial charge < -0.3 is 10.2 Å². The molecule has 2 N–H and O–H groups in total. The van der Waals surface area contributed by atoms with Gasteiger partial charge in [-0.2, -0.15) is 0 Å². The zero-order valence-electron chi connectivity index (χ0n) is 19.1. The zero-order chi connectivity index (χ0) is 22.6. The molecule has 4 aliphatic rings. The lowest BCUT2D eigenvalue weighted by Crippen LogP contribution is -2.48. The number of hydrogen-bond donors (Lipinski definition) is 2. The molecule has 4 bridgehead atoms. The summed E-state index contributed by atoms with van der Waals surface area (Å²) in [6.07, 6.45) is 9.95. The van der Waals surface area contributed by atoms with Gasteiger partial charge in [0.15, 0.2) is 0 Å². The number of aromatic carboxylic acids is 1. The van der Waals surface area contributed by atoms with Gasteiger partial charge in [0, 0.05) is 6.61 Å². The van der Waals surface area contributed by atoms with Crippen LogP contribution in [0, 0.1) is 17.8 Å². The maximum atomic E-state index is 11.8. The van der Waals surface area contributed by atoms with Gasteiger partial charge in [-0.3, -0.25) is 0 Å². The summed E-state index contributed by atoms with van der Waals surface area (Å²) >= 11 is 0. The minimum Gasteiger partial charge on any atom is -0.478 e. The quantitative estimate of drug-likeness (QED) is 0.454. The molecule has 3 nitrogen and oxygen atoms in total. The fourth-order valence-electron chi connectivity index (χ4n) is 7.84. The Balaban J connectivity index is 1.49. The van der Waals surface area contributed by atoms with E-state index in [1.165, 1.54) is 60.4 Å². The highest BCUT2D eigenvalue weighted by Gasteiger charge is 2.52. The van der Waals surface area contributed by atoms with Crippen LogP contribution in [-0.2, 0) is 11.8 Å². The molecule has 3 aromatic carbocycles. The van der Waals surface area contributed by atoms with Crippen molar-refractivity contribution in [3.8, 4) is 11.1 Å². The molecule has 0 amide bonds. The zero-order valence-corrected chi connectivity index (χ0v) is 19.1. The van der Waals surface area contributed by atoms with E-state index in [1.54, 1.807) is 12.1 Å². The molecule has 0 atom stereocenters. The predicted molar refractivity (Wildman–Crippen MR) is 132 cm³/mol. The summed E-state index contributed by atoms with van der Waals surface area (Å²) in [6, 6.07) is 18.4. The van der Waals surface area contributed by atoms with Gasteiger partial charge in [-0.05, 0) is 120 Å². The Morgan fingerprint density at radius 1 is 0.879 bits per heavy atom. The van der Waals surface area contributed by atoms with Crippen LogP contribution in [0.1, 0.15) is 66.4 Å². The molecule has 170 valence electrons. The van der Waals surface area contributed by atoms with E-state index in [0.29, 0.717) is 11.0 Å². The van der Waals surface area contributed by atoms with E-state index in [-0.39, 0.29) is 6.61 Å². The third kappa shape index (κ3) is 3.58. The van der Waals surface area contributed by atoms with Crippen LogP contribution in [0.15, 0.2) is 54.6 Å². The number of carbonyl (C=O) groups is 1. The first-order chi connectivity index (χ1) is 16.0. The highest BCUT2D eigenvalue weighted by molar-refractivity contribution is 5.98. The number of rotatable bonds is 6. The summed E-state index contributed by atoms with van der Waals surface area (Å²) in [6.45, 7) is 0.225. The topological polar surface area (TPSA) is 57.5 Å². The van der Waals surface area contributed by atoms with Crippen LogP contribution in [0.5, 0.6) is 0 Å². The van der Waals surface area contributed by atoms with Crippen LogP contribution < -0.4 is 0 Å². The second-order valence-electron chi connectivity index (χ2n) is 10.9. The molecular weight excluding hydrogens is 408 g/mol. The lowest BCUT2D eigenvalue weighted by atomic mass is 9.47. The molecule has 0 spiro atoms. The SMILES string of the molecule is O=C(O)c1ccccc1-c1ccc2cc(CCCO)c(C34CC5CC(CC(C5)C3)C4)cc2c1. The number of hydrogen-bond acceptors (Lipinski definition) is 2. The van der Waals surface area contributed by atoms with Crippen molar-refractivity contribution in [1.82, 2.24) is 0 Å². The van der Waals surface area contributed by atoms with Gasteiger partial charge in [-0.25, -0.2) is 4.79 Å². The molecule has 0 unspecified atom stereocenters. The fourth-order valence-corrected chi connectivity index (χ4v) is 7.84. The normalized spacial score (nSPS) is 27.8. The van der Waals surface area contributed by atoms with Crippen molar-refractivity contribution >= 4 is 16.7 Å². The summed E-state index contributed by atoms with van der Waals surface area (Å²) in [5.41, 5.74) is 5.30. The average molecular weight is 441 g/mol. The van der Waals surface area contributed by atoms with Crippen molar-refractivity contribution < 1.29 is 15.0 Å². The number of carboxylic acids is 1. The monoisotopic (exact) mass is 440 g/mol. The number of benzene rings is 3. The van der Waals surface area contributed by atoms with Gasteiger partial charge in [0.05, 0.1) is 5.56 Å². The first-order valence-electron chi connectivity index (χ1n) is 12.6. The van der Waals surface area contributed by atoms with E-state index in [9.17, 15) is 15.0 Å². The van der Waals surface area contributed by atoms with E-state index in [1.807, 2.05) is 18.2 Å². The first kappa shape index (κ1) is 20.9. The molecule has 0 heterocycles. The number of aryl methyl sites for hydroxylation is 1. The van der Waals surface area contributed by atoms with Gasteiger partial charge in [0.2, 0.25) is 0 Å². The number of aliphatic hydroxyl groups excluding tert-OH is 1. The summed E-state index contributed by atoms with van der Waals surface area (Å²) in [5.74, 6) is 1.75. The second-order valence-corrected chi connectivity index (χ2v) is 10.9. The molecule has 3 aromatic rings. The molecule has 0 aromatic heterocycles. The van der Waals surface area contributed by atoms with Crippen LogP contribution in [0.4, 0.5) is 0 Å². The molecule has 0 radical (unpaired) electrons. The summed E-state index contributed by atoms with van der Waals surface area (Å²) in [5, 5.41) is 21.6. The molecule has 0 saturated heterocycles. The molecule has 7 rings (SSSR count). The van der Waals surface area contributed by atoms with Crippen molar-refractivity contribution in [3.05, 3.63) is 71.3 Å². The highest BCUT2D eigenvalue weighted by Crippen LogP contribution is 2.61. The van der Waals surface area contributed by atoms with Crippen molar-refractivity contribution in [2.24, 2.45) is 17.8 Å². The first-order valence-corrected chi connectivity index (χ1v) is 12.6. The van der Waals surface area contributed by atoms with E-state index in [4.69, 9.17) is 0 Å². The Morgan fingerprint density at radius 3 is 2.24 bits per heavy atom. The Hall–Kier alpha value is -2.65. The van der Waals surface area contributed by atoms with E-state index < -0.39 is 5.97 Å². The third-order valence-electron chi connectivity index (χ3n) is 8.74. The highest BCUT2D eigenvalue weighted by atomic mass is 16.4. The van der Waals surface area contributed by atoms with Crippen molar-refractivity contribution in [2.75, 3.05) is 6.61 Å². The molecule has 33 heavy (non-hydrogen) atoms. The van der Waals surface area contributed by atoms with Gasteiger partial charge in [-0.1, -0.05) is 42.5 Å². The van der Waals surface area contributed by atoms with E-state index in [2.05, 4.69) is 24.3 Å². The Labute approximate surface area is 195 Å². The van der Waals surface area contributed by atoms with Gasteiger partial charge in [0.25, 0.3) is 0 Å². The molecule has 4 saturated carbocycles. The summed E-state index contributed by atoms with van der Waals surface area (Å²) in [4.78, 5) is 11.8. The van der Waals surface area contributed by atoms with Gasteiger partial charge in [-0.15, -0.1) is 0 Å². The van der Waals surface area contributed by atoms with E-state index in [0.717, 1.165) is 41.7 Å². The van der Waals surface area contributed by atoms with Crippen molar-refractivity contribution in [3.63, 3.8) is 0 Å². The minimum absolute atomic E-state index is 0.225. The molecule has 3 heteroatoms. The number of fused-ring (bicyclic) bond motifs is 1. The average Bonchev–Trinajstić information content (AvgIpc) is 2.81. The number of aliphatic hydroxyl groups is 1. The maximum Gasteiger partial charge on any atom is 0.336 e. The van der Waals surface area contributed by atoms with E-state index >= 15 is 0 Å². The molecular formula is C30H32O3. The lowest BCUT2D eigenvalue weighted by molar-refractivity contribution is -0.00554. The molecule has 0 aliphatic heterocycles. The van der Waals surface area contributed by atoms with Gasteiger partial charge >= 0.3 is 5.97 Å². The van der Waals surface area contributed by atoms with Crippen LogP contribution in [0.2, 0.25) is 0 Å². The van der Waals surface area contributed by atoms with Crippen LogP contribution >= 0.6 is 0 Å². The minimum atomic E-state index is -0.890. The standard InChI is InChI=1S/C30H32O3/c31-9-3-4-24-13-22-7-8-23(26-5-1-2-6-27(26)29(32)33)14-25(22)15-28(24)30-16-19-10-20(17-30)12-21(11-19)18-30/h1-2,5-8,13-15,19-21,31H,3-4,9-12,16-18H2,(H,32,33). The number of carboxylic acid groups (broad SMARTS) is 1. The second kappa shape index (κ2) is 7.99. The Bertz CT molecular complexity index is 1190. The third-order valence-corrected chi connectivity index (χ3v) is 8.74. The van der Waals surface area contributed by atoms with Crippen molar-refractivity contribution in [1.29, 1.82) is 0 Å². The van der Waals surface area contributed by atoms with Crippen LogP contribution in [-0.4, -0.2) is 22.8 Å². The predicted octanol–water partition coefficient (Wildman–Crippen LogP) is 6.60. The maximum absolute atomic E-state index is 11.8. The smallest absolute Gasteiger partial charge is 0.336 e. The van der Waals surface area contributed by atoms with Crippen molar-refractivity contribution in [2.45, 2.75) is 56.8 Å². The Morgan fingerprint density at radius 2 is 1.58 bits per heavy atom. The fraction of sp³-hybridized carbons (Fsp3) is 0.433. The molecule has 4 fully saturated rings. The largest absolute Gasteiger partial charge is 0.478 e. The van der Waals surface area contributed by atoms with Crippen LogP contribution in [0.3, 0.4) is 0 Å². The lowest BCUT2D eigenvalue weighted by Gasteiger charge is -2.57. The van der Waals surface area contributed by atoms with Gasteiger partial charge in [0.1, 0.15) is 0 Å². The van der Waals surface area contributed by atoms with Crippen LogP contribution in [0.25, 0.3) is 21.9 Å². The summed E-state index contributed by atoms with van der Waals surface area (Å²) in [7, 11) is 0. The molecule has 4 aliphatic carbocycles. The Kier molecular flexibility index (Phi) is 5.06. The summed E-state index contributed by atoms with van der Waals surface area (Å²) < 4.78 is 0.